The highest BCUT2D eigenvalue weighted by atomic mass is 35.5. The molecule has 2 aromatic rings. The van der Waals surface area contributed by atoms with Crippen LogP contribution in [0.1, 0.15) is 16.0 Å². The highest BCUT2D eigenvalue weighted by Crippen LogP contribution is 2.23. The van der Waals surface area contributed by atoms with E-state index >= 15 is 0 Å². The number of anilines is 1. The van der Waals surface area contributed by atoms with Gasteiger partial charge in [0.15, 0.2) is 0 Å². The lowest BCUT2D eigenvalue weighted by molar-refractivity contribution is 1.19. The predicted molar refractivity (Wildman–Crippen MR) is 83.7 cm³/mol. The molecule has 0 fully saturated rings. The van der Waals surface area contributed by atoms with E-state index in [0.29, 0.717) is 4.99 Å². The molecule has 0 aliphatic rings. The molecule has 3 N–H and O–H groups in total. The number of aryl methyl sites for hydroxylation is 1. The van der Waals surface area contributed by atoms with E-state index in [9.17, 15) is 0 Å². The van der Waals surface area contributed by atoms with Gasteiger partial charge >= 0.3 is 0 Å². The molecular formula is C13H13ClN2S2. The smallest absolute Gasteiger partial charge is 0.104 e. The summed E-state index contributed by atoms with van der Waals surface area (Å²) in [6.45, 7) is 2.77. The fraction of sp³-hybridized carbons (Fsp3) is 0.154. The van der Waals surface area contributed by atoms with E-state index in [1.54, 1.807) is 11.3 Å². The molecule has 0 saturated heterocycles. The first-order valence-corrected chi connectivity index (χ1v) is 7.05. The van der Waals surface area contributed by atoms with Crippen LogP contribution in [0.2, 0.25) is 4.34 Å². The van der Waals surface area contributed by atoms with Gasteiger partial charge in [0, 0.05) is 22.7 Å². The van der Waals surface area contributed by atoms with E-state index in [4.69, 9.17) is 29.6 Å². The summed E-state index contributed by atoms with van der Waals surface area (Å²) in [6, 6.07) is 9.91. The molecule has 1 heterocycles. The van der Waals surface area contributed by atoms with E-state index in [1.165, 1.54) is 4.88 Å². The molecule has 0 atom stereocenters. The maximum absolute atomic E-state index is 5.89. The number of rotatable bonds is 4. The second kappa shape index (κ2) is 5.69. The normalized spacial score (nSPS) is 10.3. The van der Waals surface area contributed by atoms with Gasteiger partial charge in [0.1, 0.15) is 4.99 Å². The monoisotopic (exact) mass is 296 g/mol. The van der Waals surface area contributed by atoms with Crippen LogP contribution in [0.5, 0.6) is 0 Å². The zero-order chi connectivity index (χ0) is 13.1. The maximum Gasteiger partial charge on any atom is 0.104 e. The van der Waals surface area contributed by atoms with Crippen molar-refractivity contribution in [2.45, 2.75) is 13.5 Å². The third-order valence-corrected chi connectivity index (χ3v) is 4.04. The lowest BCUT2D eigenvalue weighted by Gasteiger charge is -2.09. The Labute approximate surface area is 121 Å². The number of nitrogens with one attached hydrogen (secondary N) is 1. The Kier molecular flexibility index (Phi) is 4.22. The minimum absolute atomic E-state index is 0.434. The molecule has 0 saturated carbocycles. The van der Waals surface area contributed by atoms with Crippen LogP contribution in [-0.4, -0.2) is 4.99 Å². The first-order valence-electron chi connectivity index (χ1n) is 5.45. The number of hydrogen-bond donors (Lipinski definition) is 2. The van der Waals surface area contributed by atoms with Crippen LogP contribution < -0.4 is 11.1 Å². The third-order valence-electron chi connectivity index (χ3n) is 2.59. The minimum Gasteiger partial charge on any atom is -0.389 e. The van der Waals surface area contributed by atoms with Crippen LogP contribution in [0, 0.1) is 6.92 Å². The van der Waals surface area contributed by atoms with Crippen molar-refractivity contribution in [3.05, 3.63) is 50.7 Å². The molecule has 94 valence electrons. The first kappa shape index (κ1) is 13.3. The van der Waals surface area contributed by atoms with Gasteiger partial charge in [0.25, 0.3) is 0 Å². The van der Waals surface area contributed by atoms with Gasteiger partial charge < -0.3 is 11.1 Å². The lowest BCUT2D eigenvalue weighted by Crippen LogP contribution is -2.11. The molecule has 18 heavy (non-hydrogen) atoms. The van der Waals surface area contributed by atoms with Crippen molar-refractivity contribution in [3.63, 3.8) is 0 Å². The van der Waals surface area contributed by atoms with Crippen LogP contribution >= 0.6 is 35.2 Å². The Hall–Kier alpha value is -1.10. The van der Waals surface area contributed by atoms with E-state index in [2.05, 4.69) is 5.32 Å². The maximum atomic E-state index is 5.89. The molecule has 0 unspecified atom stereocenters. The zero-order valence-electron chi connectivity index (χ0n) is 9.87. The number of nitrogens with two attached hydrogens (primary N) is 1. The largest absolute Gasteiger partial charge is 0.389 e. The zero-order valence-corrected chi connectivity index (χ0v) is 12.3. The Morgan fingerprint density at radius 2 is 2.17 bits per heavy atom. The van der Waals surface area contributed by atoms with Crippen LogP contribution in [0.3, 0.4) is 0 Å². The van der Waals surface area contributed by atoms with Gasteiger partial charge in [0.05, 0.1) is 4.34 Å². The fourth-order valence-electron chi connectivity index (χ4n) is 1.69. The van der Waals surface area contributed by atoms with Crippen molar-refractivity contribution in [1.82, 2.24) is 0 Å². The molecule has 2 nitrogen and oxygen atoms in total. The summed E-state index contributed by atoms with van der Waals surface area (Å²) in [7, 11) is 0. The van der Waals surface area contributed by atoms with Gasteiger partial charge in [-0.25, -0.2) is 0 Å². The quantitative estimate of drug-likeness (QED) is 0.839. The van der Waals surface area contributed by atoms with Crippen molar-refractivity contribution in [3.8, 4) is 0 Å². The van der Waals surface area contributed by atoms with Crippen molar-refractivity contribution in [1.29, 1.82) is 0 Å². The summed E-state index contributed by atoms with van der Waals surface area (Å²) in [4.78, 5) is 1.64. The van der Waals surface area contributed by atoms with Crippen LogP contribution in [-0.2, 0) is 6.54 Å². The van der Waals surface area contributed by atoms with Gasteiger partial charge in [-0.05, 0) is 42.8 Å². The van der Waals surface area contributed by atoms with Gasteiger partial charge in [-0.1, -0.05) is 23.8 Å². The Morgan fingerprint density at radius 1 is 1.39 bits per heavy atom. The summed E-state index contributed by atoms with van der Waals surface area (Å²) in [6.07, 6.45) is 0. The molecule has 0 bridgehead atoms. The average Bonchev–Trinajstić information content (AvgIpc) is 2.72. The number of thiocarbonyl (C=S) groups is 1. The van der Waals surface area contributed by atoms with Gasteiger partial charge in [0.2, 0.25) is 0 Å². The summed E-state index contributed by atoms with van der Waals surface area (Å²) in [5.41, 5.74) is 8.69. The topological polar surface area (TPSA) is 38.0 Å². The highest BCUT2D eigenvalue weighted by Gasteiger charge is 2.03. The first-order chi connectivity index (χ1) is 8.56. The molecule has 1 aromatic heterocycles. The molecule has 1 aromatic carbocycles. The fourth-order valence-corrected chi connectivity index (χ4v) is 2.94. The number of halogens is 1. The minimum atomic E-state index is 0.434. The molecule has 5 heteroatoms. The molecular weight excluding hydrogens is 284 g/mol. The molecule has 0 amide bonds. The summed E-state index contributed by atoms with van der Waals surface area (Å²) >= 11 is 12.4. The van der Waals surface area contributed by atoms with Crippen molar-refractivity contribution < 1.29 is 0 Å². The van der Waals surface area contributed by atoms with E-state index < -0.39 is 0 Å². The number of thiophene rings is 1. The van der Waals surface area contributed by atoms with Crippen molar-refractivity contribution in [2.24, 2.45) is 5.73 Å². The molecule has 0 spiro atoms. The van der Waals surface area contributed by atoms with Crippen LogP contribution in [0.4, 0.5) is 5.69 Å². The third kappa shape index (κ3) is 3.22. The second-order valence-electron chi connectivity index (χ2n) is 3.95. The van der Waals surface area contributed by atoms with Crippen LogP contribution in [0.25, 0.3) is 0 Å². The molecule has 0 aliphatic heterocycles. The van der Waals surface area contributed by atoms with Crippen molar-refractivity contribution in [2.75, 3.05) is 5.32 Å². The van der Waals surface area contributed by atoms with Gasteiger partial charge in [-0.3, -0.25) is 0 Å². The molecule has 0 radical (unpaired) electrons. The Morgan fingerprint density at radius 3 is 2.72 bits per heavy atom. The Balaban J connectivity index is 2.06. The van der Waals surface area contributed by atoms with Crippen LogP contribution in [0.15, 0.2) is 30.3 Å². The summed E-state index contributed by atoms with van der Waals surface area (Å²) in [5, 5.41) is 3.35. The molecule has 0 aliphatic carbocycles. The van der Waals surface area contributed by atoms with Crippen molar-refractivity contribution >= 4 is 45.8 Å². The number of hydrogen-bond acceptors (Lipinski definition) is 3. The summed E-state index contributed by atoms with van der Waals surface area (Å²) < 4.78 is 0.812. The van der Waals surface area contributed by atoms with E-state index in [-0.39, 0.29) is 0 Å². The standard InChI is InChI=1S/C13H13ClN2S2/c1-8-6-9(2-4-11(8)13(15)17)16-7-10-3-5-12(14)18-10/h2-6,16H,7H2,1H3,(H2,15,17). The van der Waals surface area contributed by atoms with Gasteiger partial charge in [-0.2, -0.15) is 0 Å². The SMILES string of the molecule is Cc1cc(NCc2ccc(Cl)s2)ccc1C(N)=S. The van der Waals surface area contributed by atoms with E-state index in [0.717, 1.165) is 27.7 Å². The van der Waals surface area contributed by atoms with Gasteiger partial charge in [-0.15, -0.1) is 11.3 Å². The predicted octanol–water partition coefficient (Wildman–Crippen LogP) is 3.96. The second-order valence-corrected chi connectivity index (χ2v) is 6.19. The summed E-state index contributed by atoms with van der Waals surface area (Å²) in [5.74, 6) is 0. The number of benzene rings is 1. The Bertz CT molecular complexity index is 578. The lowest BCUT2D eigenvalue weighted by atomic mass is 10.1. The highest BCUT2D eigenvalue weighted by molar-refractivity contribution is 7.80. The molecule has 2 rings (SSSR count). The average molecular weight is 297 g/mol. The van der Waals surface area contributed by atoms with E-state index in [1.807, 2.05) is 37.3 Å².